The van der Waals surface area contributed by atoms with E-state index in [2.05, 4.69) is 57.3 Å². The minimum Gasteiger partial charge on any atom is -0.377 e. The zero-order chi connectivity index (χ0) is 12.7. The minimum absolute atomic E-state index is 0.164. The maximum atomic E-state index is 5.78. The summed E-state index contributed by atoms with van der Waals surface area (Å²) < 4.78 is 5.78. The summed E-state index contributed by atoms with van der Waals surface area (Å²) in [7, 11) is 0. The summed E-state index contributed by atoms with van der Waals surface area (Å²) in [4.78, 5) is 0. The standard InChI is InChI=1S/C15H25NO/c1-13(12-16-15(2,3)4)17-11-10-14-8-6-5-7-9-14/h5-9,13,16H,10-12H2,1-4H3. The van der Waals surface area contributed by atoms with Crippen LogP contribution in [0.2, 0.25) is 0 Å². The molecule has 0 bridgehead atoms. The van der Waals surface area contributed by atoms with E-state index in [-0.39, 0.29) is 11.6 Å². The van der Waals surface area contributed by atoms with E-state index < -0.39 is 0 Å². The minimum atomic E-state index is 0.164. The van der Waals surface area contributed by atoms with E-state index in [1.54, 1.807) is 0 Å². The Morgan fingerprint density at radius 1 is 1.18 bits per heavy atom. The van der Waals surface area contributed by atoms with Crippen LogP contribution in [0, 0.1) is 0 Å². The Labute approximate surface area is 105 Å². The quantitative estimate of drug-likeness (QED) is 0.818. The average molecular weight is 235 g/mol. The molecule has 2 nitrogen and oxygen atoms in total. The Morgan fingerprint density at radius 2 is 1.82 bits per heavy atom. The third kappa shape index (κ3) is 7.14. The highest BCUT2D eigenvalue weighted by atomic mass is 16.5. The SMILES string of the molecule is CC(CNC(C)(C)C)OCCc1ccccc1. The molecular weight excluding hydrogens is 210 g/mol. The summed E-state index contributed by atoms with van der Waals surface area (Å²) in [6, 6.07) is 10.5. The van der Waals surface area contributed by atoms with Gasteiger partial charge in [0.05, 0.1) is 12.7 Å². The molecule has 1 unspecified atom stereocenters. The van der Waals surface area contributed by atoms with Crippen LogP contribution >= 0.6 is 0 Å². The Kier molecular flexibility index (Phi) is 5.66. The first kappa shape index (κ1) is 14.2. The zero-order valence-electron chi connectivity index (χ0n) is 11.5. The van der Waals surface area contributed by atoms with Crippen molar-refractivity contribution in [2.75, 3.05) is 13.2 Å². The van der Waals surface area contributed by atoms with Crippen LogP contribution in [-0.4, -0.2) is 24.8 Å². The second-order valence-electron chi connectivity index (χ2n) is 5.55. The van der Waals surface area contributed by atoms with Gasteiger partial charge in [0.1, 0.15) is 0 Å². The van der Waals surface area contributed by atoms with E-state index in [0.29, 0.717) is 0 Å². The van der Waals surface area contributed by atoms with Crippen LogP contribution in [0.15, 0.2) is 30.3 Å². The van der Waals surface area contributed by atoms with E-state index in [4.69, 9.17) is 4.74 Å². The fourth-order valence-corrected chi connectivity index (χ4v) is 1.53. The summed E-state index contributed by atoms with van der Waals surface area (Å²) in [6.45, 7) is 10.3. The molecule has 1 aromatic carbocycles. The third-order valence-corrected chi connectivity index (χ3v) is 2.56. The second-order valence-corrected chi connectivity index (χ2v) is 5.55. The number of nitrogens with one attached hydrogen (secondary N) is 1. The smallest absolute Gasteiger partial charge is 0.0671 e. The Bertz CT molecular complexity index is 302. The third-order valence-electron chi connectivity index (χ3n) is 2.56. The lowest BCUT2D eigenvalue weighted by Gasteiger charge is -2.23. The van der Waals surface area contributed by atoms with E-state index in [9.17, 15) is 0 Å². The summed E-state index contributed by atoms with van der Waals surface area (Å²) in [5.41, 5.74) is 1.50. The van der Waals surface area contributed by atoms with Crippen molar-refractivity contribution in [3.05, 3.63) is 35.9 Å². The lowest BCUT2D eigenvalue weighted by Crippen LogP contribution is -2.40. The molecule has 0 radical (unpaired) electrons. The normalized spacial score (nSPS) is 13.6. The van der Waals surface area contributed by atoms with Gasteiger partial charge in [-0.3, -0.25) is 0 Å². The number of rotatable bonds is 6. The van der Waals surface area contributed by atoms with E-state index in [0.717, 1.165) is 19.6 Å². The van der Waals surface area contributed by atoms with Gasteiger partial charge in [0.2, 0.25) is 0 Å². The summed E-state index contributed by atoms with van der Waals surface area (Å²) in [5, 5.41) is 3.45. The van der Waals surface area contributed by atoms with Crippen molar-refractivity contribution < 1.29 is 4.74 Å². The van der Waals surface area contributed by atoms with Crippen LogP contribution in [0.1, 0.15) is 33.3 Å². The van der Waals surface area contributed by atoms with Gasteiger partial charge in [-0.1, -0.05) is 30.3 Å². The average Bonchev–Trinajstić information content (AvgIpc) is 2.27. The maximum absolute atomic E-state index is 5.78. The number of benzene rings is 1. The lowest BCUT2D eigenvalue weighted by atomic mass is 10.1. The molecule has 0 saturated carbocycles. The lowest BCUT2D eigenvalue weighted by molar-refractivity contribution is 0.0637. The van der Waals surface area contributed by atoms with Crippen LogP contribution < -0.4 is 5.32 Å². The van der Waals surface area contributed by atoms with E-state index in [1.807, 2.05) is 6.07 Å². The van der Waals surface area contributed by atoms with Gasteiger partial charge in [-0.25, -0.2) is 0 Å². The van der Waals surface area contributed by atoms with Crippen LogP contribution in [0.4, 0.5) is 0 Å². The summed E-state index contributed by atoms with van der Waals surface area (Å²) in [6.07, 6.45) is 1.25. The van der Waals surface area contributed by atoms with Gasteiger partial charge in [0.25, 0.3) is 0 Å². The molecule has 0 aliphatic rings. The number of hydrogen-bond donors (Lipinski definition) is 1. The highest BCUT2D eigenvalue weighted by molar-refractivity contribution is 5.14. The van der Waals surface area contributed by atoms with Gasteiger partial charge >= 0.3 is 0 Å². The van der Waals surface area contributed by atoms with Crippen LogP contribution in [0.25, 0.3) is 0 Å². The molecule has 1 rings (SSSR count). The monoisotopic (exact) mass is 235 g/mol. The first-order chi connectivity index (χ1) is 7.97. The molecule has 0 aromatic heterocycles. The van der Waals surface area contributed by atoms with Crippen molar-refractivity contribution in [2.24, 2.45) is 0 Å². The Balaban J connectivity index is 2.14. The zero-order valence-corrected chi connectivity index (χ0v) is 11.5. The molecular formula is C15H25NO. The predicted octanol–water partition coefficient (Wildman–Crippen LogP) is 3.02. The van der Waals surface area contributed by atoms with Gasteiger partial charge in [0.15, 0.2) is 0 Å². The summed E-state index contributed by atoms with van der Waals surface area (Å²) in [5.74, 6) is 0. The molecule has 1 aromatic rings. The van der Waals surface area contributed by atoms with Gasteiger partial charge in [-0.15, -0.1) is 0 Å². The number of hydrogen-bond acceptors (Lipinski definition) is 2. The molecule has 0 heterocycles. The first-order valence-corrected chi connectivity index (χ1v) is 6.38. The topological polar surface area (TPSA) is 21.3 Å². The van der Waals surface area contributed by atoms with Crippen LogP contribution in [0.5, 0.6) is 0 Å². The van der Waals surface area contributed by atoms with Crippen molar-refractivity contribution in [1.82, 2.24) is 5.32 Å². The van der Waals surface area contributed by atoms with Crippen molar-refractivity contribution in [3.8, 4) is 0 Å². The highest BCUT2D eigenvalue weighted by Gasteiger charge is 2.10. The van der Waals surface area contributed by atoms with Crippen molar-refractivity contribution in [3.63, 3.8) is 0 Å². The maximum Gasteiger partial charge on any atom is 0.0671 e. The first-order valence-electron chi connectivity index (χ1n) is 6.38. The van der Waals surface area contributed by atoms with Crippen molar-refractivity contribution >= 4 is 0 Å². The molecule has 17 heavy (non-hydrogen) atoms. The molecule has 0 aliphatic heterocycles. The Morgan fingerprint density at radius 3 is 2.41 bits per heavy atom. The van der Waals surface area contributed by atoms with E-state index >= 15 is 0 Å². The molecule has 1 atom stereocenters. The van der Waals surface area contributed by atoms with Crippen molar-refractivity contribution in [2.45, 2.75) is 45.8 Å². The van der Waals surface area contributed by atoms with Gasteiger partial charge < -0.3 is 10.1 Å². The van der Waals surface area contributed by atoms with Crippen LogP contribution in [-0.2, 0) is 11.2 Å². The molecule has 96 valence electrons. The van der Waals surface area contributed by atoms with Gasteiger partial charge in [0, 0.05) is 12.1 Å². The molecule has 0 aliphatic carbocycles. The highest BCUT2D eigenvalue weighted by Crippen LogP contribution is 2.02. The summed E-state index contributed by atoms with van der Waals surface area (Å²) >= 11 is 0. The van der Waals surface area contributed by atoms with Crippen LogP contribution in [0.3, 0.4) is 0 Å². The van der Waals surface area contributed by atoms with E-state index in [1.165, 1.54) is 5.56 Å². The second kappa shape index (κ2) is 6.77. The van der Waals surface area contributed by atoms with Gasteiger partial charge in [-0.2, -0.15) is 0 Å². The molecule has 2 heteroatoms. The predicted molar refractivity (Wildman–Crippen MR) is 73.3 cm³/mol. The van der Waals surface area contributed by atoms with Crippen molar-refractivity contribution in [1.29, 1.82) is 0 Å². The molecule has 0 spiro atoms. The number of ether oxygens (including phenoxy) is 1. The fourth-order valence-electron chi connectivity index (χ4n) is 1.53. The Hall–Kier alpha value is -0.860. The molecule has 0 amide bonds. The fraction of sp³-hybridized carbons (Fsp3) is 0.600. The molecule has 0 fully saturated rings. The van der Waals surface area contributed by atoms with Gasteiger partial charge in [-0.05, 0) is 39.7 Å². The molecule has 1 N–H and O–H groups in total. The molecule has 0 saturated heterocycles. The largest absolute Gasteiger partial charge is 0.377 e.